The summed E-state index contributed by atoms with van der Waals surface area (Å²) in [6.45, 7) is 4.23. The van der Waals surface area contributed by atoms with Crippen molar-refractivity contribution >= 4 is 23.4 Å². The number of imidazole rings is 1. The highest BCUT2D eigenvalue weighted by Gasteiger charge is 2.26. The molecule has 0 aliphatic carbocycles. The molecule has 0 amide bonds. The summed E-state index contributed by atoms with van der Waals surface area (Å²) in [6, 6.07) is 12.1. The maximum absolute atomic E-state index is 13.2. The number of rotatable bonds is 5. The zero-order valence-electron chi connectivity index (χ0n) is 14.2. The van der Waals surface area contributed by atoms with E-state index >= 15 is 0 Å². The van der Waals surface area contributed by atoms with Crippen LogP contribution < -0.4 is 4.74 Å². The van der Waals surface area contributed by atoms with Crippen LogP contribution in [-0.4, -0.2) is 16.7 Å². The number of nitrogens with zero attached hydrogens (tertiary/aromatic N) is 2. The number of hydrogen-bond acceptors (Lipinski definition) is 3. The van der Waals surface area contributed by atoms with Crippen molar-refractivity contribution < 1.29 is 9.13 Å². The minimum Gasteiger partial charge on any atom is -0.495 e. The van der Waals surface area contributed by atoms with E-state index in [9.17, 15) is 4.39 Å². The summed E-state index contributed by atoms with van der Waals surface area (Å²) in [5.41, 5.74) is 1.94. The van der Waals surface area contributed by atoms with Gasteiger partial charge in [-0.1, -0.05) is 29.4 Å². The highest BCUT2D eigenvalue weighted by molar-refractivity contribution is 8.00. The fourth-order valence-corrected chi connectivity index (χ4v) is 3.76. The molecule has 1 aromatic heterocycles. The van der Waals surface area contributed by atoms with Crippen LogP contribution in [0.5, 0.6) is 5.75 Å². The molecule has 0 N–H and O–H groups in total. The van der Waals surface area contributed by atoms with Crippen LogP contribution in [0.2, 0.25) is 5.02 Å². The van der Waals surface area contributed by atoms with E-state index in [1.807, 2.05) is 29.0 Å². The van der Waals surface area contributed by atoms with Crippen LogP contribution in [0, 0.1) is 5.82 Å². The second-order valence-electron chi connectivity index (χ2n) is 6.02. The predicted molar refractivity (Wildman–Crippen MR) is 100 cm³/mol. The first-order valence-corrected chi connectivity index (χ1v) is 8.92. The van der Waals surface area contributed by atoms with Crippen molar-refractivity contribution in [2.75, 3.05) is 7.11 Å². The third kappa shape index (κ3) is 3.83. The molecule has 130 valence electrons. The fourth-order valence-electron chi connectivity index (χ4n) is 2.48. The zero-order chi connectivity index (χ0) is 18.0. The molecule has 0 aliphatic rings. The molecule has 3 nitrogen and oxygen atoms in total. The van der Waals surface area contributed by atoms with Crippen molar-refractivity contribution in [2.45, 2.75) is 23.8 Å². The number of benzene rings is 2. The van der Waals surface area contributed by atoms with Crippen LogP contribution in [0.4, 0.5) is 4.39 Å². The molecule has 0 spiro atoms. The largest absolute Gasteiger partial charge is 0.495 e. The molecule has 1 heterocycles. The topological polar surface area (TPSA) is 27.1 Å². The van der Waals surface area contributed by atoms with E-state index in [0.717, 1.165) is 16.4 Å². The lowest BCUT2D eigenvalue weighted by Gasteiger charge is -2.25. The molecular weight excluding hydrogens is 359 g/mol. The second kappa shape index (κ2) is 7.10. The Morgan fingerprint density at radius 3 is 2.56 bits per heavy atom. The van der Waals surface area contributed by atoms with Crippen molar-refractivity contribution in [3.05, 3.63) is 71.3 Å². The predicted octanol–water partition coefficient (Wildman–Crippen LogP) is 5.70. The van der Waals surface area contributed by atoms with Gasteiger partial charge < -0.3 is 4.74 Å². The summed E-state index contributed by atoms with van der Waals surface area (Å²) < 4.78 is 20.2. The molecule has 0 unspecified atom stereocenters. The van der Waals surface area contributed by atoms with Crippen LogP contribution in [0.3, 0.4) is 0 Å². The van der Waals surface area contributed by atoms with Gasteiger partial charge in [-0.25, -0.2) is 9.37 Å². The molecule has 6 heteroatoms. The third-order valence-corrected chi connectivity index (χ3v) is 5.45. The molecule has 0 saturated carbocycles. The van der Waals surface area contributed by atoms with E-state index in [1.54, 1.807) is 37.2 Å². The minimum absolute atomic E-state index is 0.258. The van der Waals surface area contributed by atoms with Crippen molar-refractivity contribution in [3.8, 4) is 11.4 Å². The first kappa shape index (κ1) is 17.8. The summed E-state index contributed by atoms with van der Waals surface area (Å²) in [7, 11) is 1.60. The van der Waals surface area contributed by atoms with Crippen molar-refractivity contribution in [1.82, 2.24) is 9.55 Å². The Hall–Kier alpha value is -1.98. The Bertz CT molecular complexity index is 877. The van der Waals surface area contributed by atoms with Crippen molar-refractivity contribution in [3.63, 3.8) is 0 Å². The molecule has 3 aromatic rings. The highest BCUT2D eigenvalue weighted by Crippen LogP contribution is 2.42. The number of ether oxygens (including phenoxy) is 1. The second-order valence-corrected chi connectivity index (χ2v) is 8.02. The maximum Gasteiger partial charge on any atom is 0.173 e. The number of thioether (sulfide) groups is 1. The van der Waals surface area contributed by atoms with Gasteiger partial charge in [-0.2, -0.15) is 0 Å². The average molecular weight is 377 g/mol. The van der Waals surface area contributed by atoms with Gasteiger partial charge in [-0.05, 0) is 55.8 Å². The van der Waals surface area contributed by atoms with Crippen LogP contribution in [-0.2, 0) is 4.75 Å². The quantitative estimate of drug-likeness (QED) is 0.534. The molecule has 0 atom stereocenters. The standard InChI is InChI=1S/C19H18ClFN2OS/c1-19(2,13-4-9-16(20)17(12-13)24-3)25-18-22-10-11-23(18)15-7-5-14(21)6-8-15/h4-12H,1-3H3. The van der Waals surface area contributed by atoms with Crippen LogP contribution >= 0.6 is 23.4 Å². The summed E-state index contributed by atoms with van der Waals surface area (Å²) in [6.07, 6.45) is 3.61. The molecule has 0 aliphatic heterocycles. The normalized spacial score (nSPS) is 11.6. The van der Waals surface area contributed by atoms with Gasteiger partial charge >= 0.3 is 0 Å². The zero-order valence-corrected chi connectivity index (χ0v) is 15.7. The first-order chi connectivity index (χ1) is 11.9. The SMILES string of the molecule is COc1cc(C(C)(C)Sc2nccn2-c2ccc(F)cc2)ccc1Cl. The Labute approximate surface area is 155 Å². The highest BCUT2D eigenvalue weighted by atomic mass is 35.5. The monoisotopic (exact) mass is 376 g/mol. The first-order valence-electron chi connectivity index (χ1n) is 7.73. The van der Waals surface area contributed by atoms with Gasteiger partial charge in [0, 0.05) is 22.8 Å². The summed E-state index contributed by atoms with van der Waals surface area (Å²) in [5.74, 6) is 0.390. The summed E-state index contributed by atoms with van der Waals surface area (Å²) >= 11 is 7.74. The number of hydrogen-bond donors (Lipinski definition) is 0. The van der Waals surface area contributed by atoms with E-state index in [4.69, 9.17) is 16.3 Å². The minimum atomic E-state index is -0.263. The van der Waals surface area contributed by atoms with E-state index in [0.29, 0.717) is 10.8 Å². The number of aromatic nitrogens is 2. The molecular formula is C19H18ClFN2OS. The van der Waals surface area contributed by atoms with Gasteiger partial charge in [0.15, 0.2) is 5.16 Å². The van der Waals surface area contributed by atoms with Crippen molar-refractivity contribution in [2.24, 2.45) is 0 Å². The van der Waals surface area contributed by atoms with Crippen molar-refractivity contribution in [1.29, 1.82) is 0 Å². The average Bonchev–Trinajstić information content (AvgIpc) is 3.03. The lowest BCUT2D eigenvalue weighted by atomic mass is 10.0. The van der Waals surface area contributed by atoms with Gasteiger partial charge in [0.25, 0.3) is 0 Å². The van der Waals surface area contributed by atoms with E-state index in [-0.39, 0.29) is 10.6 Å². The molecule has 0 fully saturated rings. The summed E-state index contributed by atoms with van der Waals surface area (Å²) in [4.78, 5) is 4.46. The molecule has 0 radical (unpaired) electrons. The maximum atomic E-state index is 13.2. The third-order valence-electron chi connectivity index (χ3n) is 3.90. The Balaban J connectivity index is 1.92. The Morgan fingerprint density at radius 1 is 1.16 bits per heavy atom. The molecule has 25 heavy (non-hydrogen) atoms. The number of methoxy groups -OCH3 is 1. The molecule has 3 rings (SSSR count). The van der Waals surface area contributed by atoms with Gasteiger partial charge in [0.1, 0.15) is 11.6 Å². The lowest BCUT2D eigenvalue weighted by Crippen LogP contribution is -2.13. The van der Waals surface area contributed by atoms with Crippen LogP contribution in [0.1, 0.15) is 19.4 Å². The Morgan fingerprint density at radius 2 is 1.88 bits per heavy atom. The molecule has 0 saturated heterocycles. The van der Waals surface area contributed by atoms with Gasteiger partial charge in [-0.15, -0.1) is 0 Å². The lowest BCUT2D eigenvalue weighted by molar-refractivity contribution is 0.414. The van der Waals surface area contributed by atoms with Gasteiger partial charge in [0.2, 0.25) is 0 Å². The van der Waals surface area contributed by atoms with Gasteiger partial charge in [-0.3, -0.25) is 4.57 Å². The van der Waals surface area contributed by atoms with Crippen LogP contribution in [0.25, 0.3) is 5.69 Å². The van der Waals surface area contributed by atoms with E-state index in [1.165, 1.54) is 12.1 Å². The molecule has 0 bridgehead atoms. The van der Waals surface area contributed by atoms with Crippen LogP contribution in [0.15, 0.2) is 60.0 Å². The number of halogens is 2. The van der Waals surface area contributed by atoms with Gasteiger partial charge in [0.05, 0.1) is 12.1 Å². The van der Waals surface area contributed by atoms with E-state index < -0.39 is 0 Å². The van der Waals surface area contributed by atoms with E-state index in [2.05, 4.69) is 18.8 Å². The fraction of sp³-hybridized carbons (Fsp3) is 0.211. The smallest absolute Gasteiger partial charge is 0.173 e. The summed E-state index contributed by atoms with van der Waals surface area (Å²) in [5, 5.41) is 1.41. The Kier molecular flexibility index (Phi) is 5.06. The molecule has 2 aromatic carbocycles.